The van der Waals surface area contributed by atoms with Crippen LogP contribution in [0.5, 0.6) is 5.75 Å². The van der Waals surface area contributed by atoms with Crippen LogP contribution in [0.25, 0.3) is 11.0 Å². The van der Waals surface area contributed by atoms with Crippen molar-refractivity contribution in [3.63, 3.8) is 0 Å². The van der Waals surface area contributed by atoms with E-state index in [0.717, 1.165) is 22.6 Å². The Hall–Kier alpha value is -2.71. The van der Waals surface area contributed by atoms with Crippen LogP contribution in [0.4, 0.5) is 5.95 Å². The number of hydrogen-bond donors (Lipinski definition) is 3. The average molecular weight is 357 g/mol. The number of hydrogen-bond acceptors (Lipinski definition) is 7. The third-order valence-electron chi connectivity index (χ3n) is 4.55. The van der Waals surface area contributed by atoms with Gasteiger partial charge in [-0.3, -0.25) is 4.98 Å². The number of aliphatic hydroxyl groups excluding tert-OH is 2. The van der Waals surface area contributed by atoms with Crippen LogP contribution < -0.4 is 10.5 Å². The summed E-state index contributed by atoms with van der Waals surface area (Å²) < 4.78 is 7.33. The molecule has 3 aromatic rings. The summed E-state index contributed by atoms with van der Waals surface area (Å²) in [6.45, 7) is 5.74. The summed E-state index contributed by atoms with van der Waals surface area (Å²) in [5.74, 6) is 0.956. The van der Waals surface area contributed by atoms with Crippen LogP contribution in [0.1, 0.15) is 34.2 Å². The van der Waals surface area contributed by atoms with Crippen LogP contribution in [0.2, 0.25) is 0 Å². The number of anilines is 1. The zero-order valence-electron chi connectivity index (χ0n) is 15.3. The molecule has 26 heavy (non-hydrogen) atoms. The minimum absolute atomic E-state index is 0.158. The molecule has 0 radical (unpaired) electrons. The highest BCUT2D eigenvalue weighted by Gasteiger charge is 2.20. The van der Waals surface area contributed by atoms with E-state index in [0.29, 0.717) is 28.8 Å². The molecule has 0 spiro atoms. The van der Waals surface area contributed by atoms with Crippen LogP contribution in [0.15, 0.2) is 12.4 Å². The lowest BCUT2D eigenvalue weighted by molar-refractivity contribution is 0.0965. The minimum Gasteiger partial charge on any atom is -0.496 e. The largest absolute Gasteiger partial charge is 0.496 e. The normalized spacial score (nSPS) is 12.5. The van der Waals surface area contributed by atoms with Gasteiger partial charge in [0.25, 0.3) is 0 Å². The molecule has 8 nitrogen and oxygen atoms in total. The van der Waals surface area contributed by atoms with E-state index in [4.69, 9.17) is 10.5 Å². The van der Waals surface area contributed by atoms with Crippen LogP contribution >= 0.6 is 0 Å². The molecule has 3 rings (SSSR count). The molecule has 3 heterocycles. The summed E-state index contributed by atoms with van der Waals surface area (Å²) in [6.07, 6.45) is 2.51. The van der Waals surface area contributed by atoms with Crippen molar-refractivity contribution in [3.8, 4) is 5.75 Å². The van der Waals surface area contributed by atoms with Crippen molar-refractivity contribution in [1.29, 1.82) is 0 Å². The lowest BCUT2D eigenvalue weighted by atomic mass is 10.1. The van der Waals surface area contributed by atoms with E-state index in [1.807, 2.05) is 18.4 Å². The second kappa shape index (κ2) is 6.89. The van der Waals surface area contributed by atoms with Gasteiger partial charge in [0.15, 0.2) is 0 Å². The molecule has 8 heteroatoms. The Bertz CT molecular complexity index is 967. The second-order valence-electron chi connectivity index (χ2n) is 6.32. The molecule has 0 aromatic carbocycles. The maximum absolute atomic E-state index is 10.2. The molecule has 1 atom stereocenters. The summed E-state index contributed by atoms with van der Waals surface area (Å²) in [4.78, 5) is 13.0. The Balaban J connectivity index is 2.17. The minimum atomic E-state index is -1.02. The van der Waals surface area contributed by atoms with Crippen molar-refractivity contribution in [2.45, 2.75) is 33.4 Å². The first-order valence-electron chi connectivity index (χ1n) is 8.28. The fourth-order valence-corrected chi connectivity index (χ4v) is 3.28. The van der Waals surface area contributed by atoms with Crippen molar-refractivity contribution in [2.24, 2.45) is 0 Å². The second-order valence-corrected chi connectivity index (χ2v) is 6.32. The average Bonchev–Trinajstić information content (AvgIpc) is 2.96. The van der Waals surface area contributed by atoms with E-state index in [-0.39, 0.29) is 5.95 Å². The zero-order chi connectivity index (χ0) is 19.0. The highest BCUT2D eigenvalue weighted by Crippen LogP contribution is 2.30. The van der Waals surface area contributed by atoms with E-state index in [1.54, 1.807) is 26.4 Å². The first kappa shape index (κ1) is 18.1. The number of aliphatic hydroxyl groups is 2. The summed E-state index contributed by atoms with van der Waals surface area (Å²) in [5, 5.41) is 20.3. The van der Waals surface area contributed by atoms with Gasteiger partial charge in [0.05, 0.1) is 31.6 Å². The van der Waals surface area contributed by atoms with Gasteiger partial charge in [-0.25, -0.2) is 4.98 Å². The van der Waals surface area contributed by atoms with Crippen molar-refractivity contribution >= 4 is 17.0 Å². The molecule has 0 aliphatic rings. The fourth-order valence-electron chi connectivity index (χ4n) is 3.28. The van der Waals surface area contributed by atoms with Crippen molar-refractivity contribution < 1.29 is 14.9 Å². The predicted octanol–water partition coefficient (Wildman–Crippen LogP) is 1.42. The Labute approximate surface area is 151 Å². The fraction of sp³-hybridized carbons (Fsp3) is 0.389. The van der Waals surface area contributed by atoms with E-state index in [1.165, 1.54) is 0 Å². The molecule has 0 aliphatic carbocycles. The number of pyridine rings is 1. The van der Waals surface area contributed by atoms with Gasteiger partial charge in [-0.15, -0.1) is 0 Å². The van der Waals surface area contributed by atoms with Crippen molar-refractivity contribution in [1.82, 2.24) is 19.5 Å². The molecular weight excluding hydrogens is 334 g/mol. The van der Waals surface area contributed by atoms with Crippen LogP contribution in [0, 0.1) is 20.8 Å². The molecule has 0 saturated heterocycles. The first-order chi connectivity index (χ1) is 12.4. The molecular formula is C18H23N5O3. The molecule has 0 unspecified atom stereocenters. The number of aromatic nitrogens is 4. The standard InChI is InChI=1S/C18H23N5O3/c1-9-5-20-13(10(2)16(9)26-4)7-23-6-12(14(25)8-24)15-11(3)21-18(19)22-17(15)23/h5-6,14,24-25H,7-8H2,1-4H3,(H2,19,21,22)/t14-/m0/s1. The Morgan fingerprint density at radius 1 is 1.27 bits per heavy atom. The Morgan fingerprint density at radius 3 is 2.65 bits per heavy atom. The lowest BCUT2D eigenvalue weighted by Crippen LogP contribution is -2.07. The van der Waals surface area contributed by atoms with Crippen molar-refractivity contribution in [2.75, 3.05) is 19.5 Å². The number of aryl methyl sites for hydroxylation is 2. The van der Waals surface area contributed by atoms with Crippen LogP contribution in [0.3, 0.4) is 0 Å². The van der Waals surface area contributed by atoms with Crippen LogP contribution in [-0.2, 0) is 6.54 Å². The maximum atomic E-state index is 10.2. The predicted molar refractivity (Wildman–Crippen MR) is 98.1 cm³/mol. The van der Waals surface area contributed by atoms with Gasteiger partial charge < -0.3 is 25.3 Å². The molecule has 0 bridgehead atoms. The van der Waals surface area contributed by atoms with Gasteiger partial charge >= 0.3 is 0 Å². The summed E-state index contributed by atoms with van der Waals surface area (Å²) in [7, 11) is 1.64. The number of nitrogens with two attached hydrogens (primary N) is 1. The highest BCUT2D eigenvalue weighted by molar-refractivity contribution is 5.84. The van der Waals surface area contributed by atoms with Gasteiger partial charge in [-0.05, 0) is 20.8 Å². The third kappa shape index (κ3) is 2.97. The number of methoxy groups -OCH3 is 1. The molecule has 3 aromatic heterocycles. The molecule has 0 fully saturated rings. The smallest absolute Gasteiger partial charge is 0.222 e. The molecule has 138 valence electrons. The van der Waals surface area contributed by atoms with Gasteiger partial charge in [0.1, 0.15) is 17.5 Å². The summed E-state index contributed by atoms with van der Waals surface area (Å²) in [5.41, 5.74) is 10.4. The van der Waals surface area contributed by atoms with E-state index < -0.39 is 12.7 Å². The summed E-state index contributed by atoms with van der Waals surface area (Å²) >= 11 is 0. The molecule has 0 saturated carbocycles. The first-order valence-corrected chi connectivity index (χ1v) is 8.28. The number of nitrogens with zero attached hydrogens (tertiary/aromatic N) is 4. The van der Waals surface area contributed by atoms with Gasteiger partial charge in [0, 0.05) is 34.5 Å². The quantitative estimate of drug-likeness (QED) is 0.631. The van der Waals surface area contributed by atoms with Gasteiger partial charge in [-0.1, -0.05) is 0 Å². The highest BCUT2D eigenvalue weighted by atomic mass is 16.5. The van der Waals surface area contributed by atoms with E-state index in [2.05, 4.69) is 15.0 Å². The Kier molecular flexibility index (Phi) is 4.80. The lowest BCUT2D eigenvalue weighted by Gasteiger charge is -2.13. The van der Waals surface area contributed by atoms with Gasteiger partial charge in [0.2, 0.25) is 5.95 Å². The monoisotopic (exact) mass is 357 g/mol. The van der Waals surface area contributed by atoms with Crippen molar-refractivity contribution in [3.05, 3.63) is 40.5 Å². The van der Waals surface area contributed by atoms with Crippen LogP contribution in [-0.4, -0.2) is 43.4 Å². The third-order valence-corrected chi connectivity index (χ3v) is 4.55. The molecule has 4 N–H and O–H groups in total. The van der Waals surface area contributed by atoms with E-state index in [9.17, 15) is 10.2 Å². The number of nitrogen functional groups attached to an aromatic ring is 1. The number of rotatable bonds is 5. The van der Waals surface area contributed by atoms with E-state index >= 15 is 0 Å². The topological polar surface area (TPSA) is 119 Å². The number of fused-ring (bicyclic) bond motifs is 1. The zero-order valence-corrected chi connectivity index (χ0v) is 15.3. The summed E-state index contributed by atoms with van der Waals surface area (Å²) in [6, 6.07) is 0. The Morgan fingerprint density at radius 2 is 2.00 bits per heavy atom. The van der Waals surface area contributed by atoms with Gasteiger partial charge in [-0.2, -0.15) is 4.98 Å². The maximum Gasteiger partial charge on any atom is 0.222 e. The molecule has 0 amide bonds. The molecule has 0 aliphatic heterocycles. The SMILES string of the molecule is COc1c(C)cnc(Cn2cc([C@@H](O)CO)c3c(C)nc(N)nc32)c1C. The number of ether oxygens (including phenoxy) is 1.